The maximum atomic E-state index is 3.49. The first kappa shape index (κ1) is 13.0. The van der Waals surface area contributed by atoms with Gasteiger partial charge in [0.05, 0.1) is 0 Å². The van der Waals surface area contributed by atoms with Gasteiger partial charge in [0, 0.05) is 30.9 Å². The van der Waals surface area contributed by atoms with Crippen LogP contribution in [0.1, 0.15) is 43.3 Å². The van der Waals surface area contributed by atoms with Crippen molar-refractivity contribution in [3.63, 3.8) is 0 Å². The summed E-state index contributed by atoms with van der Waals surface area (Å²) in [4.78, 5) is 5.87. The van der Waals surface area contributed by atoms with Crippen LogP contribution in [-0.4, -0.2) is 23.5 Å². The number of likely N-dealkylation sites (N-methyl/N-ethyl adjacent to an activating group) is 1. The Balaban J connectivity index is 0.000000606. The van der Waals surface area contributed by atoms with Crippen molar-refractivity contribution >= 4 is 6.08 Å². The molecule has 16 heavy (non-hydrogen) atoms. The molecule has 1 N–H and O–H groups in total. The first-order chi connectivity index (χ1) is 7.72. The molecule has 1 aliphatic heterocycles. The molecule has 0 aromatic carbocycles. The van der Waals surface area contributed by atoms with Gasteiger partial charge in [-0.1, -0.05) is 26.0 Å². The first-order valence-corrected chi connectivity index (χ1v) is 6.24. The van der Waals surface area contributed by atoms with Crippen molar-refractivity contribution in [2.45, 2.75) is 40.7 Å². The average molecular weight is 220 g/mol. The number of nitrogens with one attached hydrogen (secondary N) is 1. The fourth-order valence-electron chi connectivity index (χ4n) is 2.20. The minimum Gasteiger partial charge on any atom is -0.362 e. The lowest BCUT2D eigenvalue weighted by Crippen LogP contribution is -2.26. The van der Waals surface area contributed by atoms with Crippen LogP contribution in [0.15, 0.2) is 6.08 Å². The number of aromatic amines is 1. The Morgan fingerprint density at radius 1 is 1.31 bits per heavy atom. The summed E-state index contributed by atoms with van der Waals surface area (Å²) < 4.78 is 0. The van der Waals surface area contributed by atoms with Crippen LogP contribution in [0.3, 0.4) is 0 Å². The van der Waals surface area contributed by atoms with Crippen LogP contribution in [0.25, 0.3) is 6.08 Å². The first-order valence-electron chi connectivity index (χ1n) is 6.24. The zero-order chi connectivity index (χ0) is 12.1. The second-order valence-electron chi connectivity index (χ2n) is 4.11. The molecule has 0 bridgehead atoms. The van der Waals surface area contributed by atoms with E-state index in [-0.39, 0.29) is 0 Å². The molecule has 0 atom stereocenters. The van der Waals surface area contributed by atoms with Gasteiger partial charge >= 0.3 is 0 Å². The van der Waals surface area contributed by atoms with Gasteiger partial charge in [0.1, 0.15) is 0 Å². The predicted octanol–water partition coefficient (Wildman–Crippen LogP) is 3.37. The second kappa shape index (κ2) is 5.90. The summed E-state index contributed by atoms with van der Waals surface area (Å²) >= 11 is 0. The van der Waals surface area contributed by atoms with Crippen LogP contribution >= 0.6 is 0 Å². The summed E-state index contributed by atoms with van der Waals surface area (Å²) in [6.07, 6.45) is 5.49. The Labute approximate surface area is 99.4 Å². The predicted molar refractivity (Wildman–Crippen MR) is 71.6 cm³/mol. The molecule has 90 valence electrons. The molecule has 0 radical (unpaired) electrons. The van der Waals surface area contributed by atoms with E-state index in [4.69, 9.17) is 0 Å². The molecule has 2 rings (SSSR count). The smallest absolute Gasteiger partial charge is 0.0254 e. The Hall–Kier alpha value is -1.02. The van der Waals surface area contributed by atoms with E-state index in [9.17, 15) is 0 Å². The molecule has 0 amide bonds. The molecule has 1 aromatic rings. The summed E-state index contributed by atoms with van der Waals surface area (Å²) in [6, 6.07) is 0. The highest BCUT2D eigenvalue weighted by atomic mass is 15.1. The maximum absolute atomic E-state index is 3.49. The lowest BCUT2D eigenvalue weighted by atomic mass is 10.0. The van der Waals surface area contributed by atoms with Crippen LogP contribution in [0.5, 0.6) is 0 Å². The number of rotatable bonds is 1. The summed E-state index contributed by atoms with van der Waals surface area (Å²) in [5.74, 6) is 0. The van der Waals surface area contributed by atoms with Crippen molar-refractivity contribution in [1.29, 1.82) is 0 Å². The molecule has 0 spiro atoms. The van der Waals surface area contributed by atoms with E-state index in [2.05, 4.69) is 42.9 Å². The van der Waals surface area contributed by atoms with Crippen LogP contribution < -0.4 is 0 Å². The second-order valence-corrected chi connectivity index (χ2v) is 4.11. The van der Waals surface area contributed by atoms with Crippen molar-refractivity contribution < 1.29 is 0 Å². The molecule has 0 saturated heterocycles. The van der Waals surface area contributed by atoms with E-state index in [1.165, 1.54) is 29.1 Å². The van der Waals surface area contributed by atoms with Crippen molar-refractivity contribution in [1.82, 2.24) is 9.88 Å². The summed E-state index contributed by atoms with van der Waals surface area (Å²) in [5.41, 5.74) is 5.64. The zero-order valence-electron chi connectivity index (χ0n) is 11.2. The number of aromatic nitrogens is 1. The molecule has 1 aromatic heterocycles. The van der Waals surface area contributed by atoms with Crippen molar-refractivity contribution in [2.24, 2.45) is 0 Å². The molecule has 0 unspecified atom stereocenters. The highest BCUT2D eigenvalue weighted by Gasteiger charge is 2.18. The fourth-order valence-corrected chi connectivity index (χ4v) is 2.20. The van der Waals surface area contributed by atoms with E-state index in [0.29, 0.717) is 0 Å². The van der Waals surface area contributed by atoms with Crippen LogP contribution in [0.2, 0.25) is 0 Å². The van der Waals surface area contributed by atoms with Gasteiger partial charge in [-0.2, -0.15) is 0 Å². The average Bonchev–Trinajstić information content (AvgIpc) is 2.59. The van der Waals surface area contributed by atoms with Crippen molar-refractivity contribution in [2.75, 3.05) is 13.6 Å². The van der Waals surface area contributed by atoms with Crippen molar-refractivity contribution in [3.8, 4) is 0 Å². The van der Waals surface area contributed by atoms with Gasteiger partial charge in [-0.15, -0.1) is 0 Å². The third kappa shape index (κ3) is 2.56. The highest BCUT2D eigenvalue weighted by molar-refractivity contribution is 5.58. The highest BCUT2D eigenvalue weighted by Crippen LogP contribution is 2.25. The Morgan fingerprint density at radius 2 is 2.00 bits per heavy atom. The number of nitrogens with zero attached hydrogens (tertiary/aromatic N) is 1. The van der Waals surface area contributed by atoms with Gasteiger partial charge in [0.15, 0.2) is 0 Å². The summed E-state index contributed by atoms with van der Waals surface area (Å²) in [5, 5.41) is 0. The van der Waals surface area contributed by atoms with Gasteiger partial charge in [-0.25, -0.2) is 0 Å². The monoisotopic (exact) mass is 220 g/mol. The van der Waals surface area contributed by atoms with Gasteiger partial charge in [-0.05, 0) is 32.0 Å². The van der Waals surface area contributed by atoms with E-state index in [1.54, 1.807) is 0 Å². The molecule has 2 nitrogen and oxygen atoms in total. The van der Waals surface area contributed by atoms with E-state index in [0.717, 1.165) is 13.0 Å². The maximum Gasteiger partial charge on any atom is 0.0254 e. The number of hydrogen-bond donors (Lipinski definition) is 1. The third-order valence-electron chi connectivity index (χ3n) is 2.94. The normalized spacial score (nSPS) is 15.8. The standard InChI is InChI=1S/C12H18N2.C2H6/c1-4-5-10-9(2)13-12-6-7-14(3)8-11(10)12;1-2/h4-5,13H,6-8H2,1-3H3;1-2H3/b5-4-;. The minimum absolute atomic E-state index is 1.08. The van der Waals surface area contributed by atoms with E-state index < -0.39 is 0 Å². The molecule has 0 saturated carbocycles. The third-order valence-corrected chi connectivity index (χ3v) is 2.94. The lowest BCUT2D eigenvalue weighted by Gasteiger charge is -2.22. The molecule has 1 aliphatic rings. The van der Waals surface area contributed by atoms with E-state index in [1.807, 2.05) is 13.8 Å². The topological polar surface area (TPSA) is 19.0 Å². The summed E-state index contributed by atoms with van der Waals surface area (Å²) in [6.45, 7) is 10.5. The van der Waals surface area contributed by atoms with Crippen LogP contribution in [0, 0.1) is 6.92 Å². The number of allylic oxidation sites excluding steroid dienone is 1. The summed E-state index contributed by atoms with van der Waals surface area (Å²) in [7, 11) is 2.19. The number of fused-ring (bicyclic) bond motifs is 1. The number of hydrogen-bond acceptors (Lipinski definition) is 1. The minimum atomic E-state index is 1.08. The zero-order valence-corrected chi connectivity index (χ0v) is 11.2. The number of H-pyrrole nitrogens is 1. The fraction of sp³-hybridized carbons (Fsp3) is 0.571. The lowest BCUT2D eigenvalue weighted by molar-refractivity contribution is 0.311. The molecular formula is C14H24N2. The van der Waals surface area contributed by atoms with Gasteiger partial charge in [0.2, 0.25) is 0 Å². The van der Waals surface area contributed by atoms with Crippen LogP contribution in [-0.2, 0) is 13.0 Å². The molecule has 0 aliphatic carbocycles. The molecule has 2 heterocycles. The van der Waals surface area contributed by atoms with E-state index >= 15 is 0 Å². The Bertz CT molecular complexity index is 361. The van der Waals surface area contributed by atoms with Crippen LogP contribution in [0.4, 0.5) is 0 Å². The molecular weight excluding hydrogens is 196 g/mol. The SMILES string of the molecule is C/C=C\c1c(C)[nH]c2c1CN(C)CC2.CC. The van der Waals surface area contributed by atoms with Gasteiger partial charge < -0.3 is 9.88 Å². The molecule has 0 fully saturated rings. The van der Waals surface area contributed by atoms with Crippen molar-refractivity contribution in [3.05, 3.63) is 28.6 Å². The number of aryl methyl sites for hydroxylation is 1. The Kier molecular flexibility index (Phi) is 4.81. The van der Waals surface area contributed by atoms with Gasteiger partial charge in [-0.3, -0.25) is 0 Å². The largest absolute Gasteiger partial charge is 0.362 e. The quantitative estimate of drug-likeness (QED) is 0.769. The Morgan fingerprint density at radius 3 is 2.62 bits per heavy atom. The molecule has 2 heteroatoms. The van der Waals surface area contributed by atoms with Gasteiger partial charge in [0.25, 0.3) is 0 Å².